The number of alkyl halides is 2. The minimum absolute atomic E-state index is 0.0686. The Bertz CT molecular complexity index is 523. The molecule has 94 valence electrons. The van der Waals surface area contributed by atoms with Gasteiger partial charge in [-0.3, -0.25) is 0 Å². The summed E-state index contributed by atoms with van der Waals surface area (Å²) in [5.74, 6) is 0. The molecule has 1 nitrogen and oxygen atoms in total. The second kappa shape index (κ2) is 5.63. The van der Waals surface area contributed by atoms with E-state index < -0.39 is 6.43 Å². The average molecular weight is 247 g/mol. The Morgan fingerprint density at radius 2 is 1.83 bits per heavy atom. The van der Waals surface area contributed by atoms with E-state index in [0.29, 0.717) is 6.54 Å². The van der Waals surface area contributed by atoms with Crippen LogP contribution in [0.3, 0.4) is 0 Å². The summed E-state index contributed by atoms with van der Waals surface area (Å²) in [4.78, 5) is 0. The van der Waals surface area contributed by atoms with Gasteiger partial charge in [-0.15, -0.1) is 0 Å². The fourth-order valence-corrected chi connectivity index (χ4v) is 1.81. The highest BCUT2D eigenvalue weighted by Gasteiger charge is 2.06. The van der Waals surface area contributed by atoms with Crippen LogP contribution < -0.4 is 5.32 Å². The van der Waals surface area contributed by atoms with Gasteiger partial charge in [-0.25, -0.2) is 8.78 Å². The molecule has 0 radical (unpaired) electrons. The molecular formula is C15H15F2N. The second-order valence-electron chi connectivity index (χ2n) is 4.21. The van der Waals surface area contributed by atoms with Crippen molar-refractivity contribution in [3.05, 3.63) is 65.2 Å². The van der Waals surface area contributed by atoms with E-state index >= 15 is 0 Å². The van der Waals surface area contributed by atoms with Crippen molar-refractivity contribution in [1.82, 2.24) is 0 Å². The minimum atomic E-state index is -2.41. The summed E-state index contributed by atoms with van der Waals surface area (Å²) in [5.41, 5.74) is 3.10. The van der Waals surface area contributed by atoms with E-state index in [2.05, 4.69) is 5.32 Å². The van der Waals surface area contributed by atoms with E-state index in [0.717, 1.165) is 16.8 Å². The number of hydrogen-bond acceptors (Lipinski definition) is 1. The monoisotopic (exact) mass is 247 g/mol. The van der Waals surface area contributed by atoms with Gasteiger partial charge < -0.3 is 5.32 Å². The highest BCUT2D eigenvalue weighted by atomic mass is 19.3. The van der Waals surface area contributed by atoms with Gasteiger partial charge in [0.2, 0.25) is 0 Å². The molecule has 0 amide bonds. The molecule has 2 aromatic carbocycles. The van der Waals surface area contributed by atoms with E-state index in [1.807, 2.05) is 37.3 Å². The number of rotatable bonds is 4. The molecule has 1 N–H and O–H groups in total. The Balaban J connectivity index is 2.07. The molecule has 0 unspecified atom stereocenters. The van der Waals surface area contributed by atoms with Gasteiger partial charge in [0.15, 0.2) is 0 Å². The Labute approximate surface area is 105 Å². The zero-order valence-corrected chi connectivity index (χ0v) is 10.2. The Kier molecular flexibility index (Phi) is 3.92. The summed E-state index contributed by atoms with van der Waals surface area (Å²) < 4.78 is 25.1. The van der Waals surface area contributed by atoms with Crippen LogP contribution in [0.1, 0.15) is 23.1 Å². The van der Waals surface area contributed by atoms with Crippen LogP contribution in [-0.2, 0) is 6.54 Å². The van der Waals surface area contributed by atoms with Crippen molar-refractivity contribution in [3.63, 3.8) is 0 Å². The van der Waals surface area contributed by atoms with Gasteiger partial charge in [0.25, 0.3) is 6.43 Å². The molecule has 0 atom stereocenters. The predicted molar refractivity (Wildman–Crippen MR) is 69.9 cm³/mol. The van der Waals surface area contributed by atoms with Gasteiger partial charge in [0.1, 0.15) is 0 Å². The first kappa shape index (κ1) is 12.6. The highest BCUT2D eigenvalue weighted by Crippen LogP contribution is 2.20. The maximum absolute atomic E-state index is 12.6. The SMILES string of the molecule is Cc1ccccc1NCc1cccc(C(F)F)c1. The molecule has 0 aliphatic heterocycles. The molecule has 0 fully saturated rings. The lowest BCUT2D eigenvalue weighted by Gasteiger charge is -2.10. The number of benzene rings is 2. The molecule has 0 saturated heterocycles. The number of halogens is 2. The first-order valence-corrected chi connectivity index (χ1v) is 5.83. The summed E-state index contributed by atoms with van der Waals surface area (Å²) in [6.07, 6.45) is -2.41. The summed E-state index contributed by atoms with van der Waals surface area (Å²) >= 11 is 0. The summed E-state index contributed by atoms with van der Waals surface area (Å²) in [5, 5.41) is 3.25. The maximum Gasteiger partial charge on any atom is 0.263 e. The van der Waals surface area contributed by atoms with Crippen LogP contribution in [0.5, 0.6) is 0 Å². The minimum Gasteiger partial charge on any atom is -0.381 e. The van der Waals surface area contributed by atoms with Crippen molar-refractivity contribution < 1.29 is 8.78 Å². The number of nitrogens with one attached hydrogen (secondary N) is 1. The van der Waals surface area contributed by atoms with E-state index in [1.165, 1.54) is 12.1 Å². The number of aryl methyl sites for hydroxylation is 1. The van der Waals surface area contributed by atoms with Crippen molar-refractivity contribution in [3.8, 4) is 0 Å². The Morgan fingerprint density at radius 1 is 1.06 bits per heavy atom. The lowest BCUT2D eigenvalue weighted by atomic mass is 10.1. The van der Waals surface area contributed by atoms with Gasteiger partial charge in [0.05, 0.1) is 0 Å². The van der Waals surface area contributed by atoms with Gasteiger partial charge in [0, 0.05) is 17.8 Å². The molecule has 0 saturated carbocycles. The van der Waals surface area contributed by atoms with Crippen LogP contribution in [0.25, 0.3) is 0 Å². The van der Waals surface area contributed by atoms with Crippen molar-refractivity contribution >= 4 is 5.69 Å². The highest BCUT2D eigenvalue weighted by molar-refractivity contribution is 5.50. The van der Waals surface area contributed by atoms with E-state index in [4.69, 9.17) is 0 Å². The summed E-state index contributed by atoms with van der Waals surface area (Å²) in [7, 11) is 0. The largest absolute Gasteiger partial charge is 0.381 e. The first-order valence-electron chi connectivity index (χ1n) is 5.83. The standard InChI is InChI=1S/C15H15F2N/c1-11-5-2-3-8-14(11)18-10-12-6-4-7-13(9-12)15(16)17/h2-9,15,18H,10H2,1H3. The normalized spacial score (nSPS) is 10.7. The van der Waals surface area contributed by atoms with Gasteiger partial charge in [-0.2, -0.15) is 0 Å². The van der Waals surface area contributed by atoms with E-state index in [1.54, 1.807) is 6.07 Å². The molecule has 3 heteroatoms. The smallest absolute Gasteiger partial charge is 0.263 e. The van der Waals surface area contributed by atoms with E-state index in [-0.39, 0.29) is 5.56 Å². The van der Waals surface area contributed by atoms with Crippen LogP contribution >= 0.6 is 0 Å². The third-order valence-corrected chi connectivity index (χ3v) is 2.83. The Morgan fingerprint density at radius 3 is 2.56 bits per heavy atom. The predicted octanol–water partition coefficient (Wildman–Crippen LogP) is 4.54. The fourth-order valence-electron chi connectivity index (χ4n) is 1.81. The third-order valence-electron chi connectivity index (χ3n) is 2.83. The van der Waals surface area contributed by atoms with Crippen molar-refractivity contribution in [1.29, 1.82) is 0 Å². The number of para-hydroxylation sites is 1. The van der Waals surface area contributed by atoms with Gasteiger partial charge >= 0.3 is 0 Å². The van der Waals surface area contributed by atoms with Gasteiger partial charge in [-0.1, -0.05) is 36.4 Å². The summed E-state index contributed by atoms with van der Waals surface area (Å²) in [6.45, 7) is 2.56. The van der Waals surface area contributed by atoms with Crippen molar-refractivity contribution in [2.24, 2.45) is 0 Å². The molecule has 18 heavy (non-hydrogen) atoms. The fraction of sp³-hybridized carbons (Fsp3) is 0.200. The zero-order chi connectivity index (χ0) is 13.0. The quantitative estimate of drug-likeness (QED) is 0.836. The number of anilines is 1. The van der Waals surface area contributed by atoms with Crippen LogP contribution in [0.4, 0.5) is 14.5 Å². The molecule has 0 heterocycles. The second-order valence-corrected chi connectivity index (χ2v) is 4.21. The van der Waals surface area contributed by atoms with Crippen LogP contribution in [-0.4, -0.2) is 0 Å². The maximum atomic E-state index is 12.6. The lowest BCUT2D eigenvalue weighted by molar-refractivity contribution is 0.151. The Hall–Kier alpha value is -1.90. The van der Waals surface area contributed by atoms with Crippen LogP contribution in [0.15, 0.2) is 48.5 Å². The first-order chi connectivity index (χ1) is 8.66. The third kappa shape index (κ3) is 3.06. The topological polar surface area (TPSA) is 12.0 Å². The molecule has 0 aliphatic carbocycles. The van der Waals surface area contributed by atoms with Gasteiger partial charge in [-0.05, 0) is 30.2 Å². The molecule has 0 bridgehead atoms. The van der Waals surface area contributed by atoms with Crippen molar-refractivity contribution in [2.45, 2.75) is 19.9 Å². The van der Waals surface area contributed by atoms with Crippen LogP contribution in [0, 0.1) is 6.92 Å². The zero-order valence-electron chi connectivity index (χ0n) is 10.2. The average Bonchev–Trinajstić information content (AvgIpc) is 2.38. The molecular weight excluding hydrogens is 232 g/mol. The lowest BCUT2D eigenvalue weighted by Crippen LogP contribution is -2.01. The molecule has 2 rings (SSSR count). The van der Waals surface area contributed by atoms with Crippen molar-refractivity contribution in [2.75, 3.05) is 5.32 Å². The molecule has 0 aromatic heterocycles. The van der Waals surface area contributed by atoms with E-state index in [9.17, 15) is 8.78 Å². The molecule has 0 spiro atoms. The number of hydrogen-bond donors (Lipinski definition) is 1. The van der Waals surface area contributed by atoms with Crippen LogP contribution in [0.2, 0.25) is 0 Å². The summed E-state index contributed by atoms with van der Waals surface area (Å²) in [6, 6.07) is 14.4. The molecule has 0 aliphatic rings. The molecule has 2 aromatic rings.